The van der Waals surface area contributed by atoms with Gasteiger partial charge in [0.1, 0.15) is 0 Å². The molecule has 1 aromatic heterocycles. The zero-order valence-electron chi connectivity index (χ0n) is 9.50. The number of aromatic nitrogens is 1. The number of para-hydroxylation sites is 1. The lowest BCUT2D eigenvalue weighted by Gasteiger charge is -2.09. The van der Waals surface area contributed by atoms with Gasteiger partial charge in [0.05, 0.1) is 21.6 Å². The number of nitrogens with zero attached hydrogens (tertiary/aromatic N) is 1. The molecule has 0 aliphatic rings. The Morgan fingerprint density at radius 3 is 2.32 bits per heavy atom. The van der Waals surface area contributed by atoms with E-state index < -0.39 is 11.7 Å². The average molecular weight is 282 g/mol. The Balaban J connectivity index is 2.40. The Hall–Kier alpha value is -1.81. The number of halogens is 4. The first-order chi connectivity index (χ1) is 8.97. The summed E-state index contributed by atoms with van der Waals surface area (Å²) in [5.41, 5.74) is 0.399. The summed E-state index contributed by atoms with van der Waals surface area (Å²) in [5.74, 6) is 0. The summed E-state index contributed by atoms with van der Waals surface area (Å²) in [5, 5.41) is 1.26. The van der Waals surface area contributed by atoms with Crippen LogP contribution in [0.4, 0.5) is 13.2 Å². The van der Waals surface area contributed by atoms with E-state index in [-0.39, 0.29) is 0 Å². The number of hydrogen-bond acceptors (Lipinski definition) is 1. The number of pyridine rings is 1. The van der Waals surface area contributed by atoms with Crippen LogP contribution in [0.25, 0.3) is 21.8 Å². The highest BCUT2D eigenvalue weighted by molar-refractivity contribution is 6.40. The second kappa shape index (κ2) is 4.10. The average Bonchev–Trinajstić information content (AvgIpc) is 2.37. The second-order valence-electron chi connectivity index (χ2n) is 4.17. The van der Waals surface area contributed by atoms with E-state index in [1.807, 2.05) is 6.07 Å². The third-order valence-electron chi connectivity index (χ3n) is 2.94. The summed E-state index contributed by atoms with van der Waals surface area (Å²) < 4.78 is 38.1. The van der Waals surface area contributed by atoms with Gasteiger partial charge in [-0.25, -0.2) is 4.98 Å². The fourth-order valence-electron chi connectivity index (χ4n) is 2.02. The van der Waals surface area contributed by atoms with E-state index in [4.69, 9.17) is 11.6 Å². The zero-order chi connectivity index (χ0) is 13.6. The van der Waals surface area contributed by atoms with Gasteiger partial charge in [0.15, 0.2) is 0 Å². The topological polar surface area (TPSA) is 12.9 Å². The summed E-state index contributed by atoms with van der Waals surface area (Å²) in [6, 6.07) is 10.5. The van der Waals surface area contributed by atoms with Crippen LogP contribution in [0.2, 0.25) is 5.02 Å². The molecule has 2 aromatic carbocycles. The number of benzene rings is 2. The molecule has 0 unspecified atom stereocenters. The Morgan fingerprint density at radius 2 is 1.58 bits per heavy atom. The molecule has 0 amide bonds. The molecule has 0 N–H and O–H groups in total. The van der Waals surface area contributed by atoms with Crippen molar-refractivity contribution in [2.24, 2.45) is 0 Å². The summed E-state index contributed by atoms with van der Waals surface area (Å²) in [6.07, 6.45) is -4.39. The predicted molar refractivity (Wildman–Crippen MR) is 69.3 cm³/mol. The Labute approximate surface area is 111 Å². The van der Waals surface area contributed by atoms with Gasteiger partial charge in [-0.05, 0) is 24.3 Å². The summed E-state index contributed by atoms with van der Waals surface area (Å²) in [6.45, 7) is 0. The molecule has 1 heterocycles. The standard InChI is InChI=1S/C14H7ClF3N/c15-13-9-3-1-2-4-11(9)19-12-6-5-8(7-10(12)13)14(16,17)18/h1-7H. The molecule has 3 aromatic rings. The molecule has 1 nitrogen and oxygen atoms in total. The fourth-order valence-corrected chi connectivity index (χ4v) is 2.33. The van der Waals surface area contributed by atoms with Crippen LogP contribution in [0.15, 0.2) is 42.5 Å². The van der Waals surface area contributed by atoms with Crippen LogP contribution in [-0.4, -0.2) is 4.98 Å². The summed E-state index contributed by atoms with van der Waals surface area (Å²) in [7, 11) is 0. The monoisotopic (exact) mass is 281 g/mol. The molecule has 0 atom stereocenters. The third kappa shape index (κ3) is 2.02. The van der Waals surface area contributed by atoms with Crippen molar-refractivity contribution in [2.45, 2.75) is 6.18 Å². The largest absolute Gasteiger partial charge is 0.416 e. The van der Waals surface area contributed by atoms with Crippen LogP contribution >= 0.6 is 11.6 Å². The van der Waals surface area contributed by atoms with Crippen LogP contribution in [0.3, 0.4) is 0 Å². The third-order valence-corrected chi connectivity index (χ3v) is 3.35. The first kappa shape index (κ1) is 12.2. The quantitative estimate of drug-likeness (QED) is 0.525. The van der Waals surface area contributed by atoms with Crippen molar-refractivity contribution in [1.29, 1.82) is 0 Å². The molecular formula is C14H7ClF3N. The molecule has 0 saturated heterocycles. The number of fused-ring (bicyclic) bond motifs is 2. The highest BCUT2D eigenvalue weighted by Gasteiger charge is 2.30. The minimum absolute atomic E-state index is 0.298. The lowest BCUT2D eigenvalue weighted by molar-refractivity contribution is -0.137. The van der Waals surface area contributed by atoms with E-state index in [1.54, 1.807) is 18.2 Å². The maximum atomic E-state index is 12.7. The van der Waals surface area contributed by atoms with Crippen LogP contribution in [0, 0.1) is 0 Å². The molecule has 0 saturated carbocycles. The first-order valence-corrected chi connectivity index (χ1v) is 5.90. The number of hydrogen-bond donors (Lipinski definition) is 0. The van der Waals surface area contributed by atoms with E-state index in [0.717, 1.165) is 12.1 Å². The Bertz CT molecular complexity index is 781. The SMILES string of the molecule is FC(F)(F)c1ccc2nc3ccccc3c(Cl)c2c1. The van der Waals surface area contributed by atoms with Crippen molar-refractivity contribution < 1.29 is 13.2 Å². The molecule has 3 rings (SSSR count). The lowest BCUT2D eigenvalue weighted by atomic mass is 10.1. The van der Waals surface area contributed by atoms with Gasteiger partial charge in [-0.15, -0.1) is 0 Å². The molecule has 0 spiro atoms. The van der Waals surface area contributed by atoms with Crippen molar-refractivity contribution in [1.82, 2.24) is 4.98 Å². The van der Waals surface area contributed by atoms with Crippen molar-refractivity contribution in [3.8, 4) is 0 Å². The molecule has 0 radical (unpaired) electrons. The second-order valence-corrected chi connectivity index (χ2v) is 4.55. The van der Waals surface area contributed by atoms with Crippen LogP contribution < -0.4 is 0 Å². The predicted octanol–water partition coefficient (Wildman–Crippen LogP) is 5.06. The van der Waals surface area contributed by atoms with Crippen molar-refractivity contribution >= 4 is 33.4 Å². The zero-order valence-corrected chi connectivity index (χ0v) is 10.3. The molecule has 96 valence electrons. The van der Waals surface area contributed by atoms with Gasteiger partial charge in [-0.3, -0.25) is 0 Å². The maximum absolute atomic E-state index is 12.7. The Morgan fingerprint density at radius 1 is 0.895 bits per heavy atom. The molecule has 19 heavy (non-hydrogen) atoms. The van der Waals surface area contributed by atoms with Gasteiger partial charge in [-0.1, -0.05) is 29.8 Å². The molecule has 0 aliphatic carbocycles. The molecular weight excluding hydrogens is 275 g/mol. The van der Waals surface area contributed by atoms with E-state index in [1.165, 1.54) is 6.07 Å². The van der Waals surface area contributed by atoms with E-state index in [2.05, 4.69) is 4.98 Å². The number of rotatable bonds is 0. The minimum Gasteiger partial charge on any atom is -0.248 e. The van der Waals surface area contributed by atoms with Gasteiger partial charge in [0, 0.05) is 10.8 Å². The van der Waals surface area contributed by atoms with E-state index in [0.29, 0.717) is 26.8 Å². The van der Waals surface area contributed by atoms with Crippen LogP contribution in [-0.2, 0) is 6.18 Å². The molecule has 0 fully saturated rings. The highest BCUT2D eigenvalue weighted by Crippen LogP contribution is 2.35. The fraction of sp³-hybridized carbons (Fsp3) is 0.0714. The van der Waals surface area contributed by atoms with Crippen LogP contribution in [0.5, 0.6) is 0 Å². The van der Waals surface area contributed by atoms with Crippen molar-refractivity contribution in [2.75, 3.05) is 0 Å². The number of alkyl halides is 3. The van der Waals surface area contributed by atoms with Crippen molar-refractivity contribution in [3.63, 3.8) is 0 Å². The highest BCUT2D eigenvalue weighted by atomic mass is 35.5. The maximum Gasteiger partial charge on any atom is 0.416 e. The normalized spacial score (nSPS) is 12.2. The van der Waals surface area contributed by atoms with E-state index >= 15 is 0 Å². The van der Waals surface area contributed by atoms with Gasteiger partial charge in [0.25, 0.3) is 0 Å². The first-order valence-electron chi connectivity index (χ1n) is 5.52. The molecule has 5 heteroatoms. The Kier molecular flexibility index (Phi) is 2.64. The van der Waals surface area contributed by atoms with Crippen LogP contribution in [0.1, 0.15) is 5.56 Å². The minimum atomic E-state index is -4.39. The summed E-state index contributed by atoms with van der Waals surface area (Å²) in [4.78, 5) is 4.31. The molecule has 0 bridgehead atoms. The smallest absolute Gasteiger partial charge is 0.248 e. The summed E-state index contributed by atoms with van der Waals surface area (Å²) >= 11 is 6.19. The van der Waals surface area contributed by atoms with Gasteiger partial charge in [0.2, 0.25) is 0 Å². The van der Waals surface area contributed by atoms with E-state index in [9.17, 15) is 13.2 Å². The van der Waals surface area contributed by atoms with Crippen molar-refractivity contribution in [3.05, 3.63) is 53.1 Å². The van der Waals surface area contributed by atoms with Gasteiger partial charge >= 0.3 is 6.18 Å². The van der Waals surface area contributed by atoms with Gasteiger partial charge < -0.3 is 0 Å². The molecule has 0 aliphatic heterocycles. The lowest BCUT2D eigenvalue weighted by Crippen LogP contribution is -2.04. The van der Waals surface area contributed by atoms with Gasteiger partial charge in [-0.2, -0.15) is 13.2 Å².